The average molecular weight is 316 g/mol. The quantitative estimate of drug-likeness (QED) is 0.715. The van der Waals surface area contributed by atoms with Crippen LogP contribution < -0.4 is 9.46 Å². The molecule has 0 bridgehead atoms. The summed E-state index contributed by atoms with van der Waals surface area (Å²) in [5, 5.41) is 8.93. The van der Waals surface area contributed by atoms with Gasteiger partial charge in [0, 0.05) is 26.2 Å². The lowest BCUT2D eigenvalue weighted by molar-refractivity contribution is 0.269. The molecule has 0 aliphatic heterocycles. The van der Waals surface area contributed by atoms with E-state index in [9.17, 15) is 8.42 Å². The highest BCUT2D eigenvalue weighted by molar-refractivity contribution is 7.87. The van der Waals surface area contributed by atoms with E-state index < -0.39 is 10.2 Å². The Morgan fingerprint density at radius 1 is 1.43 bits per heavy atom. The van der Waals surface area contributed by atoms with E-state index >= 15 is 0 Å². The molecule has 2 N–H and O–H groups in total. The topological polar surface area (TPSA) is 78.9 Å². The molecule has 0 aliphatic rings. The molecule has 21 heavy (non-hydrogen) atoms. The summed E-state index contributed by atoms with van der Waals surface area (Å²) in [6.45, 7) is 2.09. The minimum absolute atomic E-state index is 0.0410. The summed E-state index contributed by atoms with van der Waals surface area (Å²) in [6, 6.07) is 7.02. The van der Waals surface area contributed by atoms with Crippen LogP contribution in [-0.2, 0) is 16.8 Å². The van der Waals surface area contributed by atoms with Gasteiger partial charge in [0.15, 0.2) is 0 Å². The Kier molecular flexibility index (Phi) is 7.10. The third-order valence-electron chi connectivity index (χ3n) is 3.24. The molecule has 6 nitrogen and oxygen atoms in total. The minimum Gasteiger partial charge on any atom is -0.497 e. The Hall–Kier alpha value is -1.15. The molecule has 0 radical (unpaired) electrons. The van der Waals surface area contributed by atoms with Crippen LogP contribution in [0.15, 0.2) is 24.3 Å². The van der Waals surface area contributed by atoms with Crippen LogP contribution in [0.3, 0.4) is 0 Å². The summed E-state index contributed by atoms with van der Waals surface area (Å²) in [7, 11) is -0.488. The van der Waals surface area contributed by atoms with Crippen molar-refractivity contribution in [1.82, 2.24) is 9.03 Å². The van der Waals surface area contributed by atoms with Crippen LogP contribution >= 0.6 is 0 Å². The van der Waals surface area contributed by atoms with Crippen molar-refractivity contribution >= 4 is 10.2 Å². The highest BCUT2D eigenvalue weighted by atomic mass is 32.2. The highest BCUT2D eigenvalue weighted by Crippen LogP contribution is 2.15. The maximum absolute atomic E-state index is 12.2. The molecule has 1 rings (SSSR count). The summed E-state index contributed by atoms with van der Waals surface area (Å²) < 4.78 is 33.4. The van der Waals surface area contributed by atoms with Crippen molar-refractivity contribution < 1.29 is 18.3 Å². The second-order valence-corrected chi connectivity index (χ2v) is 6.66. The maximum atomic E-state index is 12.2. The second kappa shape index (κ2) is 8.33. The zero-order chi connectivity index (χ0) is 15.9. The first-order valence-corrected chi connectivity index (χ1v) is 8.34. The molecule has 7 heteroatoms. The van der Waals surface area contributed by atoms with Gasteiger partial charge in [-0.3, -0.25) is 0 Å². The molecule has 1 atom stereocenters. The summed E-state index contributed by atoms with van der Waals surface area (Å²) in [4.78, 5) is 0. The molecule has 1 aromatic rings. The average Bonchev–Trinajstić information content (AvgIpc) is 2.46. The van der Waals surface area contributed by atoms with E-state index in [0.29, 0.717) is 18.6 Å². The lowest BCUT2D eigenvalue weighted by Crippen LogP contribution is -2.43. The van der Waals surface area contributed by atoms with Crippen LogP contribution in [-0.4, -0.2) is 44.6 Å². The minimum atomic E-state index is -3.58. The van der Waals surface area contributed by atoms with Gasteiger partial charge in [-0.25, -0.2) is 0 Å². The van der Waals surface area contributed by atoms with Gasteiger partial charge in [-0.05, 0) is 30.5 Å². The van der Waals surface area contributed by atoms with Crippen LogP contribution in [0.2, 0.25) is 0 Å². The van der Waals surface area contributed by atoms with Crippen LogP contribution in [0.4, 0.5) is 0 Å². The van der Waals surface area contributed by atoms with E-state index in [2.05, 4.69) is 4.72 Å². The molecule has 1 aromatic carbocycles. The number of aliphatic hydroxyl groups excluding tert-OH is 1. The smallest absolute Gasteiger partial charge is 0.279 e. The lowest BCUT2D eigenvalue weighted by Gasteiger charge is -2.22. The Bertz CT molecular complexity index is 534. The molecule has 0 amide bonds. The molecule has 0 saturated carbocycles. The van der Waals surface area contributed by atoms with Crippen molar-refractivity contribution in [2.75, 3.05) is 20.8 Å². The molecule has 0 aromatic heterocycles. The summed E-state index contributed by atoms with van der Waals surface area (Å²) >= 11 is 0. The molecule has 120 valence electrons. The van der Waals surface area contributed by atoms with Gasteiger partial charge in [0.1, 0.15) is 5.75 Å². The number of ether oxygens (including phenoxy) is 1. The molecule has 0 heterocycles. The Labute approximate surface area is 126 Å². The van der Waals surface area contributed by atoms with Crippen molar-refractivity contribution in [3.63, 3.8) is 0 Å². The van der Waals surface area contributed by atoms with Crippen molar-refractivity contribution in [1.29, 1.82) is 0 Å². The first-order chi connectivity index (χ1) is 9.92. The second-order valence-electron chi connectivity index (χ2n) is 4.85. The zero-order valence-corrected chi connectivity index (χ0v) is 13.6. The van der Waals surface area contributed by atoms with Gasteiger partial charge in [-0.1, -0.05) is 19.1 Å². The fourth-order valence-electron chi connectivity index (χ4n) is 1.92. The molecule has 1 unspecified atom stereocenters. The summed E-state index contributed by atoms with van der Waals surface area (Å²) in [6.07, 6.45) is 1.04. The first-order valence-electron chi connectivity index (χ1n) is 6.90. The van der Waals surface area contributed by atoms with Gasteiger partial charge in [-0.15, -0.1) is 0 Å². The SMILES string of the molecule is CCC(CCO)NS(=O)(=O)N(C)Cc1cccc(OC)c1. The fourth-order valence-corrected chi connectivity index (χ4v) is 3.12. The third-order valence-corrected chi connectivity index (χ3v) is 4.82. The van der Waals surface area contributed by atoms with E-state index in [1.54, 1.807) is 13.2 Å². The molecule has 0 spiro atoms. The van der Waals surface area contributed by atoms with E-state index in [1.165, 1.54) is 11.4 Å². The zero-order valence-electron chi connectivity index (χ0n) is 12.7. The summed E-state index contributed by atoms with van der Waals surface area (Å²) in [5.41, 5.74) is 0.845. The van der Waals surface area contributed by atoms with Crippen molar-refractivity contribution in [2.45, 2.75) is 32.4 Å². The van der Waals surface area contributed by atoms with Crippen LogP contribution in [0.1, 0.15) is 25.3 Å². The van der Waals surface area contributed by atoms with E-state index in [1.807, 2.05) is 25.1 Å². The van der Waals surface area contributed by atoms with E-state index in [0.717, 1.165) is 5.56 Å². The number of nitrogens with zero attached hydrogens (tertiary/aromatic N) is 1. The van der Waals surface area contributed by atoms with Gasteiger partial charge >= 0.3 is 0 Å². The molecular formula is C14H24N2O4S. The van der Waals surface area contributed by atoms with Gasteiger partial charge in [0.2, 0.25) is 0 Å². The van der Waals surface area contributed by atoms with Crippen LogP contribution in [0.5, 0.6) is 5.75 Å². The van der Waals surface area contributed by atoms with Crippen LogP contribution in [0.25, 0.3) is 0 Å². The molecule has 0 saturated heterocycles. The van der Waals surface area contributed by atoms with Crippen molar-refractivity contribution in [3.8, 4) is 5.75 Å². The van der Waals surface area contributed by atoms with E-state index in [4.69, 9.17) is 9.84 Å². The van der Waals surface area contributed by atoms with E-state index in [-0.39, 0.29) is 19.2 Å². The molecule has 0 fully saturated rings. The Morgan fingerprint density at radius 2 is 2.14 bits per heavy atom. The third kappa shape index (κ3) is 5.62. The molecular weight excluding hydrogens is 292 g/mol. The first kappa shape index (κ1) is 17.9. The monoisotopic (exact) mass is 316 g/mol. The maximum Gasteiger partial charge on any atom is 0.279 e. The number of rotatable bonds is 9. The standard InChI is InChI=1S/C14H24N2O4S/c1-4-13(8-9-17)15-21(18,19)16(2)11-12-6-5-7-14(10-12)20-3/h5-7,10,13,15,17H,4,8-9,11H2,1-3H3. The van der Waals surface area contributed by atoms with Crippen molar-refractivity contribution in [3.05, 3.63) is 29.8 Å². The number of aliphatic hydroxyl groups is 1. The lowest BCUT2D eigenvalue weighted by atomic mass is 10.2. The van der Waals surface area contributed by atoms with Gasteiger partial charge in [-0.2, -0.15) is 17.4 Å². The Balaban J connectivity index is 2.74. The van der Waals surface area contributed by atoms with Gasteiger partial charge in [0.05, 0.1) is 7.11 Å². The van der Waals surface area contributed by atoms with Gasteiger partial charge in [0.25, 0.3) is 10.2 Å². The van der Waals surface area contributed by atoms with Gasteiger partial charge < -0.3 is 9.84 Å². The normalized spacial score (nSPS) is 13.4. The number of nitrogens with one attached hydrogen (secondary N) is 1. The van der Waals surface area contributed by atoms with Crippen molar-refractivity contribution in [2.24, 2.45) is 0 Å². The van der Waals surface area contributed by atoms with Crippen LogP contribution in [0, 0.1) is 0 Å². The summed E-state index contributed by atoms with van der Waals surface area (Å²) in [5.74, 6) is 0.693. The number of hydrogen-bond donors (Lipinski definition) is 2. The largest absolute Gasteiger partial charge is 0.497 e. The fraction of sp³-hybridized carbons (Fsp3) is 0.571. The highest BCUT2D eigenvalue weighted by Gasteiger charge is 2.21. The predicted octanol–water partition coefficient (Wildman–Crippen LogP) is 1.12. The number of hydrogen-bond acceptors (Lipinski definition) is 4. The predicted molar refractivity (Wildman–Crippen MR) is 82.3 cm³/mol. The number of benzene rings is 1. The Morgan fingerprint density at radius 3 is 2.71 bits per heavy atom. The number of methoxy groups -OCH3 is 1. The molecule has 0 aliphatic carbocycles.